The van der Waals surface area contributed by atoms with Crippen molar-refractivity contribution in [3.05, 3.63) is 32.9 Å². The van der Waals surface area contributed by atoms with E-state index in [9.17, 15) is 14.9 Å². The average molecular weight is 240 g/mol. The minimum Gasteiger partial charge on any atom is -0.476 e. The van der Waals surface area contributed by atoms with Crippen molar-refractivity contribution in [2.75, 3.05) is 0 Å². The maximum absolute atomic E-state index is 10.6. The van der Waals surface area contributed by atoms with Gasteiger partial charge in [0.25, 0.3) is 0 Å². The molecule has 0 amide bonds. The fourth-order valence-corrected chi connectivity index (χ4v) is 1.63. The van der Waals surface area contributed by atoms with Crippen molar-refractivity contribution in [1.82, 2.24) is 14.8 Å². The molecule has 82 valence electrons. The van der Waals surface area contributed by atoms with Gasteiger partial charge in [-0.2, -0.15) is 5.10 Å². The first kappa shape index (κ1) is 10.2. The Kier molecular flexibility index (Phi) is 2.37. The first-order chi connectivity index (χ1) is 7.58. The van der Waals surface area contributed by atoms with E-state index in [2.05, 4.69) is 10.1 Å². The van der Waals surface area contributed by atoms with Gasteiger partial charge in [0.2, 0.25) is 5.01 Å². The number of carboxylic acid groups (broad SMARTS) is 1. The number of aromatic carboxylic acids is 1. The summed E-state index contributed by atoms with van der Waals surface area (Å²) >= 11 is 0.929. The highest BCUT2D eigenvalue weighted by atomic mass is 32.1. The highest BCUT2D eigenvalue weighted by Gasteiger charge is 2.14. The van der Waals surface area contributed by atoms with E-state index >= 15 is 0 Å². The molecule has 0 aliphatic carbocycles. The van der Waals surface area contributed by atoms with Crippen LogP contribution in [0.2, 0.25) is 0 Å². The summed E-state index contributed by atoms with van der Waals surface area (Å²) < 4.78 is 1.15. The monoisotopic (exact) mass is 240 g/mol. The van der Waals surface area contributed by atoms with Crippen molar-refractivity contribution < 1.29 is 14.8 Å². The highest BCUT2D eigenvalue weighted by molar-refractivity contribution is 7.11. The zero-order valence-electron chi connectivity index (χ0n) is 7.60. The standard InChI is InChI=1S/C7H4N4O4S/c12-7(13)6-9-5(3-16-6)10-2-4(1-8-10)11(14)15/h1-3H,(H,12,13). The molecule has 16 heavy (non-hydrogen) atoms. The Morgan fingerprint density at radius 1 is 1.62 bits per heavy atom. The Labute approximate surface area is 91.9 Å². The van der Waals surface area contributed by atoms with Crippen molar-refractivity contribution in [2.24, 2.45) is 0 Å². The number of hydrogen-bond acceptors (Lipinski definition) is 6. The number of nitro groups is 1. The van der Waals surface area contributed by atoms with E-state index in [0.29, 0.717) is 0 Å². The fourth-order valence-electron chi connectivity index (χ4n) is 1.00. The van der Waals surface area contributed by atoms with Crippen LogP contribution in [-0.4, -0.2) is 30.8 Å². The first-order valence-corrected chi connectivity index (χ1v) is 4.84. The molecule has 0 aliphatic rings. The molecule has 0 saturated carbocycles. The van der Waals surface area contributed by atoms with Crippen molar-refractivity contribution in [1.29, 1.82) is 0 Å². The second-order valence-corrected chi connectivity index (χ2v) is 3.57. The molecule has 9 heteroatoms. The molecule has 0 saturated heterocycles. The van der Waals surface area contributed by atoms with E-state index in [1.54, 1.807) is 0 Å². The maximum atomic E-state index is 10.6. The predicted octanol–water partition coefficient (Wildman–Crippen LogP) is 0.935. The lowest BCUT2D eigenvalue weighted by molar-refractivity contribution is -0.384. The first-order valence-electron chi connectivity index (χ1n) is 3.96. The van der Waals surface area contributed by atoms with Crippen LogP contribution in [0.3, 0.4) is 0 Å². The van der Waals surface area contributed by atoms with Gasteiger partial charge in [-0.3, -0.25) is 10.1 Å². The molecule has 0 atom stereocenters. The van der Waals surface area contributed by atoms with Crippen LogP contribution in [0.15, 0.2) is 17.8 Å². The Balaban J connectivity index is 2.35. The van der Waals surface area contributed by atoms with Gasteiger partial charge in [-0.25, -0.2) is 14.5 Å². The minimum atomic E-state index is -1.14. The van der Waals surface area contributed by atoms with Crippen molar-refractivity contribution in [2.45, 2.75) is 0 Å². The predicted molar refractivity (Wildman–Crippen MR) is 52.8 cm³/mol. The molecule has 0 unspecified atom stereocenters. The van der Waals surface area contributed by atoms with Gasteiger partial charge in [-0.15, -0.1) is 11.3 Å². The quantitative estimate of drug-likeness (QED) is 0.631. The normalized spacial score (nSPS) is 10.2. The number of carbonyl (C=O) groups is 1. The second kappa shape index (κ2) is 3.70. The van der Waals surface area contributed by atoms with Crippen LogP contribution in [0.1, 0.15) is 9.80 Å². The number of rotatable bonds is 3. The molecule has 2 rings (SSSR count). The zero-order valence-corrected chi connectivity index (χ0v) is 8.42. The number of nitrogens with zero attached hydrogens (tertiary/aromatic N) is 4. The van der Waals surface area contributed by atoms with E-state index in [1.165, 1.54) is 11.6 Å². The Hall–Kier alpha value is -2.29. The number of aromatic nitrogens is 3. The van der Waals surface area contributed by atoms with Gasteiger partial charge in [0.15, 0.2) is 5.82 Å². The minimum absolute atomic E-state index is 0.0897. The lowest BCUT2D eigenvalue weighted by atomic mass is 10.6. The van der Waals surface area contributed by atoms with Crippen molar-refractivity contribution in [3.63, 3.8) is 0 Å². The summed E-state index contributed by atoms with van der Waals surface area (Å²) in [4.78, 5) is 24.1. The molecule has 0 radical (unpaired) electrons. The van der Waals surface area contributed by atoms with Crippen LogP contribution in [-0.2, 0) is 0 Å². The largest absolute Gasteiger partial charge is 0.476 e. The zero-order chi connectivity index (χ0) is 11.7. The summed E-state index contributed by atoms with van der Waals surface area (Å²) in [7, 11) is 0. The SMILES string of the molecule is O=C(O)c1nc(-n2cc([N+](=O)[O-])cn2)cs1. The van der Waals surface area contributed by atoms with Gasteiger partial charge < -0.3 is 5.11 Å². The fraction of sp³-hybridized carbons (Fsp3) is 0. The molecule has 0 aliphatic heterocycles. The molecule has 2 aromatic rings. The third-order valence-corrected chi connectivity index (χ3v) is 2.51. The molecular formula is C7H4N4O4S. The third-order valence-electron chi connectivity index (χ3n) is 1.69. The van der Waals surface area contributed by atoms with Gasteiger partial charge in [0.1, 0.15) is 12.4 Å². The third kappa shape index (κ3) is 1.75. The summed E-state index contributed by atoms with van der Waals surface area (Å²) in [5.74, 6) is -0.895. The molecule has 1 N–H and O–H groups in total. The summed E-state index contributed by atoms with van der Waals surface area (Å²) in [5, 5.41) is 24.1. The lowest BCUT2D eigenvalue weighted by Crippen LogP contribution is -1.98. The summed E-state index contributed by atoms with van der Waals surface area (Å²) in [6.45, 7) is 0. The second-order valence-electron chi connectivity index (χ2n) is 2.72. The number of thiazole rings is 1. The Morgan fingerprint density at radius 2 is 2.38 bits per heavy atom. The highest BCUT2D eigenvalue weighted by Crippen LogP contribution is 2.16. The molecule has 0 aromatic carbocycles. The van der Waals surface area contributed by atoms with Crippen LogP contribution in [0.25, 0.3) is 5.82 Å². The van der Waals surface area contributed by atoms with Crippen LogP contribution in [0, 0.1) is 10.1 Å². The van der Waals surface area contributed by atoms with E-state index in [1.807, 2.05) is 0 Å². The Bertz CT molecular complexity index is 510. The van der Waals surface area contributed by atoms with Gasteiger partial charge in [0.05, 0.1) is 4.92 Å². The molecule has 0 bridgehead atoms. The average Bonchev–Trinajstić information content (AvgIpc) is 2.86. The van der Waals surface area contributed by atoms with Crippen LogP contribution >= 0.6 is 11.3 Å². The van der Waals surface area contributed by atoms with E-state index in [0.717, 1.165) is 22.2 Å². The molecule has 0 spiro atoms. The number of hydrogen-bond donors (Lipinski definition) is 1. The van der Waals surface area contributed by atoms with Crippen molar-refractivity contribution >= 4 is 23.0 Å². The summed E-state index contributed by atoms with van der Waals surface area (Å²) in [6, 6.07) is 0. The summed E-state index contributed by atoms with van der Waals surface area (Å²) in [5.41, 5.74) is -0.176. The van der Waals surface area contributed by atoms with E-state index < -0.39 is 10.9 Å². The number of carboxylic acids is 1. The van der Waals surface area contributed by atoms with Crippen LogP contribution in [0.5, 0.6) is 0 Å². The molecule has 2 heterocycles. The van der Waals surface area contributed by atoms with Crippen LogP contribution < -0.4 is 0 Å². The molecule has 0 fully saturated rings. The van der Waals surface area contributed by atoms with Crippen LogP contribution in [0.4, 0.5) is 5.69 Å². The van der Waals surface area contributed by atoms with Gasteiger partial charge in [-0.1, -0.05) is 0 Å². The topological polar surface area (TPSA) is 111 Å². The van der Waals surface area contributed by atoms with Gasteiger partial charge in [0, 0.05) is 5.38 Å². The molecule has 2 aromatic heterocycles. The summed E-state index contributed by atoms with van der Waals surface area (Å²) in [6.07, 6.45) is 2.24. The molecular weight excluding hydrogens is 236 g/mol. The van der Waals surface area contributed by atoms with E-state index in [4.69, 9.17) is 5.11 Å². The lowest BCUT2D eigenvalue weighted by Gasteiger charge is -1.91. The smallest absolute Gasteiger partial charge is 0.365 e. The Morgan fingerprint density at radius 3 is 2.88 bits per heavy atom. The van der Waals surface area contributed by atoms with E-state index in [-0.39, 0.29) is 16.5 Å². The van der Waals surface area contributed by atoms with Crippen molar-refractivity contribution in [3.8, 4) is 5.82 Å². The van der Waals surface area contributed by atoms with Gasteiger partial charge >= 0.3 is 11.7 Å². The molecule has 8 nitrogen and oxygen atoms in total. The van der Waals surface area contributed by atoms with Gasteiger partial charge in [-0.05, 0) is 0 Å². The maximum Gasteiger partial charge on any atom is 0.365 e.